The number of sulfonamides is 1. The molecule has 0 heterocycles. The lowest BCUT2D eigenvalue weighted by molar-refractivity contribution is 0.0950. The van der Waals surface area contributed by atoms with Gasteiger partial charge in [-0.2, -0.15) is 0 Å². The first-order valence-electron chi connectivity index (χ1n) is 8.77. The number of hydrogen-bond acceptors (Lipinski definition) is 3. The number of rotatable bonds is 6. The van der Waals surface area contributed by atoms with Gasteiger partial charge in [-0.25, -0.2) is 21.6 Å². The van der Waals surface area contributed by atoms with Gasteiger partial charge in [0.1, 0.15) is 17.5 Å². The number of aryl methyl sites for hydroxylation is 1. The highest BCUT2D eigenvalue weighted by atomic mass is 32.2. The van der Waals surface area contributed by atoms with Crippen molar-refractivity contribution in [2.24, 2.45) is 0 Å². The van der Waals surface area contributed by atoms with Gasteiger partial charge in [-0.3, -0.25) is 9.52 Å². The van der Waals surface area contributed by atoms with Gasteiger partial charge in [0, 0.05) is 23.4 Å². The van der Waals surface area contributed by atoms with Crippen LogP contribution in [0.1, 0.15) is 21.5 Å². The van der Waals surface area contributed by atoms with Gasteiger partial charge in [0.2, 0.25) is 0 Å². The monoisotopic (exact) mass is 434 g/mol. The number of nitrogens with one attached hydrogen (secondary N) is 2. The molecule has 156 valence electrons. The van der Waals surface area contributed by atoms with Crippen molar-refractivity contribution in [3.05, 3.63) is 94.8 Å². The van der Waals surface area contributed by atoms with E-state index in [1.807, 2.05) is 0 Å². The number of hydrogen-bond donors (Lipinski definition) is 2. The highest BCUT2D eigenvalue weighted by Gasteiger charge is 2.16. The second-order valence-corrected chi connectivity index (χ2v) is 8.19. The molecule has 0 unspecified atom stereocenters. The minimum Gasteiger partial charge on any atom is -0.348 e. The summed E-state index contributed by atoms with van der Waals surface area (Å²) in [6.07, 6.45) is 0. The summed E-state index contributed by atoms with van der Waals surface area (Å²) in [6, 6.07) is 11.9. The Labute approximate surface area is 171 Å². The number of carbonyl (C=O) groups excluding carboxylic acids is 1. The van der Waals surface area contributed by atoms with Crippen LogP contribution >= 0.6 is 0 Å². The highest BCUT2D eigenvalue weighted by molar-refractivity contribution is 7.92. The Morgan fingerprint density at radius 2 is 1.57 bits per heavy atom. The molecular weight excluding hydrogens is 417 g/mol. The lowest BCUT2D eigenvalue weighted by atomic mass is 10.1. The molecule has 1 amide bonds. The SMILES string of the molecule is Cc1cc(S(=O)(=O)Nc2ccc(C(=O)NCc3cc(F)ccc3F)cc2)ccc1F. The van der Waals surface area contributed by atoms with E-state index in [1.165, 1.54) is 37.3 Å². The summed E-state index contributed by atoms with van der Waals surface area (Å²) in [4.78, 5) is 12.1. The Kier molecular flexibility index (Phi) is 6.12. The van der Waals surface area contributed by atoms with Crippen molar-refractivity contribution in [2.45, 2.75) is 18.4 Å². The van der Waals surface area contributed by atoms with E-state index in [0.29, 0.717) is 0 Å². The molecule has 0 aliphatic heterocycles. The number of halogens is 3. The lowest BCUT2D eigenvalue weighted by Crippen LogP contribution is -2.23. The molecule has 9 heteroatoms. The van der Waals surface area contributed by atoms with Gasteiger partial charge < -0.3 is 5.32 Å². The van der Waals surface area contributed by atoms with Crippen LogP contribution in [0.3, 0.4) is 0 Å². The zero-order valence-electron chi connectivity index (χ0n) is 15.7. The summed E-state index contributed by atoms with van der Waals surface area (Å²) in [5, 5.41) is 2.47. The maximum atomic E-state index is 13.6. The maximum Gasteiger partial charge on any atom is 0.261 e. The smallest absolute Gasteiger partial charge is 0.261 e. The Morgan fingerprint density at radius 1 is 0.900 bits per heavy atom. The van der Waals surface area contributed by atoms with Gasteiger partial charge >= 0.3 is 0 Å². The van der Waals surface area contributed by atoms with Crippen LogP contribution < -0.4 is 10.0 Å². The van der Waals surface area contributed by atoms with Crippen LogP contribution in [-0.2, 0) is 16.6 Å². The molecule has 3 aromatic carbocycles. The second-order valence-electron chi connectivity index (χ2n) is 6.51. The molecule has 0 spiro atoms. The van der Waals surface area contributed by atoms with E-state index in [-0.39, 0.29) is 33.8 Å². The Hall–Kier alpha value is -3.33. The lowest BCUT2D eigenvalue weighted by Gasteiger charge is -2.10. The fourth-order valence-corrected chi connectivity index (χ4v) is 3.79. The molecule has 0 aromatic heterocycles. The molecule has 5 nitrogen and oxygen atoms in total. The summed E-state index contributed by atoms with van der Waals surface area (Å²) in [5.41, 5.74) is 0.596. The molecule has 0 bridgehead atoms. The Balaban J connectivity index is 1.67. The number of amides is 1. The average Bonchev–Trinajstić information content (AvgIpc) is 2.70. The largest absolute Gasteiger partial charge is 0.348 e. The molecule has 0 saturated carbocycles. The standard InChI is InChI=1S/C21H17F3N2O3S/c1-13-10-18(7-9-19(13)23)30(28,29)26-17-5-2-14(3-6-17)21(27)25-12-15-11-16(22)4-8-20(15)24/h2-11,26H,12H2,1H3,(H,25,27). The van der Waals surface area contributed by atoms with E-state index >= 15 is 0 Å². The first-order chi connectivity index (χ1) is 14.2. The van der Waals surface area contributed by atoms with Gasteiger partial charge in [-0.05, 0) is 73.2 Å². The predicted octanol–water partition coefficient (Wildman–Crippen LogP) is 4.14. The fourth-order valence-electron chi connectivity index (χ4n) is 2.64. The highest BCUT2D eigenvalue weighted by Crippen LogP contribution is 2.19. The number of carbonyl (C=O) groups is 1. The third-order valence-corrected chi connectivity index (χ3v) is 5.67. The number of benzene rings is 3. The van der Waals surface area contributed by atoms with E-state index in [4.69, 9.17) is 0 Å². The summed E-state index contributed by atoms with van der Waals surface area (Å²) in [5.74, 6) is -2.31. The minimum absolute atomic E-state index is 0.00215. The molecule has 3 rings (SSSR count). The van der Waals surface area contributed by atoms with E-state index in [0.717, 1.165) is 30.3 Å². The van der Waals surface area contributed by atoms with Gasteiger partial charge in [0.25, 0.3) is 15.9 Å². The Morgan fingerprint density at radius 3 is 2.23 bits per heavy atom. The zero-order valence-corrected chi connectivity index (χ0v) is 16.6. The third-order valence-electron chi connectivity index (χ3n) is 4.29. The summed E-state index contributed by atoms with van der Waals surface area (Å²) in [6.45, 7) is 1.25. The van der Waals surface area contributed by atoms with Crippen molar-refractivity contribution < 1.29 is 26.4 Å². The second kappa shape index (κ2) is 8.58. The van der Waals surface area contributed by atoms with Gasteiger partial charge in [0.05, 0.1) is 4.90 Å². The third kappa shape index (κ3) is 4.98. The molecule has 0 aliphatic carbocycles. The van der Waals surface area contributed by atoms with Crippen molar-refractivity contribution in [3.8, 4) is 0 Å². The normalized spacial score (nSPS) is 11.2. The van der Waals surface area contributed by atoms with Crippen molar-refractivity contribution in [1.82, 2.24) is 5.32 Å². The summed E-state index contributed by atoms with van der Waals surface area (Å²) >= 11 is 0. The number of anilines is 1. The fraction of sp³-hybridized carbons (Fsp3) is 0.0952. The van der Waals surface area contributed by atoms with Crippen molar-refractivity contribution in [2.75, 3.05) is 4.72 Å². The van der Waals surface area contributed by atoms with Gasteiger partial charge in [-0.1, -0.05) is 0 Å². The van der Waals surface area contributed by atoms with E-state index in [9.17, 15) is 26.4 Å². The first kappa shape index (κ1) is 21.4. The quantitative estimate of drug-likeness (QED) is 0.612. The molecule has 3 aromatic rings. The van der Waals surface area contributed by atoms with Crippen LogP contribution in [0.5, 0.6) is 0 Å². The molecule has 2 N–H and O–H groups in total. The molecule has 0 aliphatic rings. The first-order valence-corrected chi connectivity index (χ1v) is 10.3. The topological polar surface area (TPSA) is 75.3 Å². The Bertz CT molecular complexity index is 1200. The van der Waals surface area contributed by atoms with Gasteiger partial charge in [0.15, 0.2) is 0 Å². The predicted molar refractivity (Wildman–Crippen MR) is 106 cm³/mol. The molecular formula is C21H17F3N2O3S. The minimum atomic E-state index is -3.94. The molecule has 0 fully saturated rings. The van der Waals surface area contributed by atoms with Gasteiger partial charge in [-0.15, -0.1) is 0 Å². The zero-order chi connectivity index (χ0) is 21.9. The van der Waals surface area contributed by atoms with Crippen LogP contribution in [0, 0.1) is 24.4 Å². The van der Waals surface area contributed by atoms with E-state index in [2.05, 4.69) is 10.0 Å². The molecule has 30 heavy (non-hydrogen) atoms. The van der Waals surface area contributed by atoms with Crippen molar-refractivity contribution in [3.63, 3.8) is 0 Å². The maximum absolute atomic E-state index is 13.6. The molecule has 0 atom stereocenters. The molecule has 0 radical (unpaired) electrons. The van der Waals surface area contributed by atoms with Crippen molar-refractivity contribution >= 4 is 21.6 Å². The summed E-state index contributed by atoms with van der Waals surface area (Å²) < 4.78 is 67.3. The molecule has 0 saturated heterocycles. The van der Waals surface area contributed by atoms with Crippen LogP contribution in [0.2, 0.25) is 0 Å². The van der Waals surface area contributed by atoms with Crippen LogP contribution in [0.4, 0.5) is 18.9 Å². The van der Waals surface area contributed by atoms with E-state index in [1.54, 1.807) is 0 Å². The van der Waals surface area contributed by atoms with Crippen molar-refractivity contribution in [1.29, 1.82) is 0 Å². The average molecular weight is 434 g/mol. The van der Waals surface area contributed by atoms with E-state index < -0.39 is 33.4 Å². The summed E-state index contributed by atoms with van der Waals surface area (Å²) in [7, 11) is -3.94. The van der Waals surface area contributed by atoms with Crippen LogP contribution in [-0.4, -0.2) is 14.3 Å². The van der Waals surface area contributed by atoms with Crippen LogP contribution in [0.15, 0.2) is 65.6 Å². The van der Waals surface area contributed by atoms with Crippen LogP contribution in [0.25, 0.3) is 0 Å².